The third-order valence-corrected chi connectivity index (χ3v) is 3.24. The van der Waals surface area contributed by atoms with E-state index in [4.69, 9.17) is 4.74 Å². The summed E-state index contributed by atoms with van der Waals surface area (Å²) >= 11 is 0. The Morgan fingerprint density at radius 1 is 1.29 bits per heavy atom. The number of rotatable bonds is 7. The molecule has 1 aromatic carbocycles. The van der Waals surface area contributed by atoms with Crippen molar-refractivity contribution >= 4 is 0 Å². The molecule has 2 rings (SSSR count). The lowest BCUT2D eigenvalue weighted by Crippen LogP contribution is -2.23. The Labute approximate surface area is 125 Å². The van der Waals surface area contributed by atoms with Crippen LogP contribution in [0.5, 0.6) is 5.75 Å². The smallest absolute Gasteiger partial charge is 0.141 e. The summed E-state index contributed by atoms with van der Waals surface area (Å²) in [5.41, 5.74) is 2.02. The average molecular weight is 288 g/mol. The van der Waals surface area contributed by atoms with E-state index in [1.807, 2.05) is 38.1 Å². The maximum Gasteiger partial charge on any atom is 0.141 e. The van der Waals surface area contributed by atoms with Gasteiger partial charge in [0.05, 0.1) is 12.8 Å². The molecule has 1 atom stereocenters. The Hall–Kier alpha value is -1.94. The number of pyridine rings is 1. The highest BCUT2D eigenvalue weighted by Gasteiger charge is 2.11. The molecular formula is C17H21FN2O. The SMILES string of the molecule is CCNC(CCOc1cccc(C)c1)c1cncc(F)c1. The molecule has 0 aliphatic heterocycles. The zero-order valence-corrected chi connectivity index (χ0v) is 12.5. The number of ether oxygens (including phenoxy) is 1. The van der Waals surface area contributed by atoms with Crippen LogP contribution in [0.25, 0.3) is 0 Å². The molecule has 0 aliphatic rings. The van der Waals surface area contributed by atoms with Gasteiger partial charge in [0.15, 0.2) is 0 Å². The standard InChI is InChI=1S/C17H21FN2O/c1-3-20-17(14-10-15(18)12-19-11-14)7-8-21-16-6-4-5-13(2)9-16/h4-6,9-12,17,20H,3,7-8H2,1-2H3. The predicted octanol–water partition coefficient (Wildman–Crippen LogP) is 3.65. The van der Waals surface area contributed by atoms with Gasteiger partial charge in [0.25, 0.3) is 0 Å². The summed E-state index contributed by atoms with van der Waals surface area (Å²) in [7, 11) is 0. The van der Waals surface area contributed by atoms with Crippen molar-refractivity contribution in [3.63, 3.8) is 0 Å². The van der Waals surface area contributed by atoms with E-state index < -0.39 is 0 Å². The van der Waals surface area contributed by atoms with E-state index in [2.05, 4.69) is 10.3 Å². The number of benzene rings is 1. The summed E-state index contributed by atoms with van der Waals surface area (Å²) in [5.74, 6) is 0.553. The summed E-state index contributed by atoms with van der Waals surface area (Å²) < 4.78 is 19.0. The van der Waals surface area contributed by atoms with E-state index in [9.17, 15) is 4.39 Å². The highest BCUT2D eigenvalue weighted by atomic mass is 19.1. The molecule has 1 unspecified atom stereocenters. The molecule has 1 N–H and O–H groups in total. The highest BCUT2D eigenvalue weighted by molar-refractivity contribution is 5.27. The van der Waals surface area contributed by atoms with Gasteiger partial charge in [-0.3, -0.25) is 4.98 Å². The first-order valence-corrected chi connectivity index (χ1v) is 7.22. The number of hydrogen-bond acceptors (Lipinski definition) is 3. The lowest BCUT2D eigenvalue weighted by atomic mass is 10.1. The Morgan fingerprint density at radius 3 is 2.86 bits per heavy atom. The normalized spacial score (nSPS) is 12.1. The third kappa shape index (κ3) is 4.83. The van der Waals surface area contributed by atoms with Crippen molar-refractivity contribution in [2.24, 2.45) is 0 Å². The molecule has 4 heteroatoms. The summed E-state index contributed by atoms with van der Waals surface area (Å²) in [6.07, 6.45) is 3.67. The summed E-state index contributed by atoms with van der Waals surface area (Å²) in [4.78, 5) is 3.91. The first kappa shape index (κ1) is 15.4. The molecular weight excluding hydrogens is 267 g/mol. The van der Waals surface area contributed by atoms with Crippen LogP contribution in [-0.4, -0.2) is 18.1 Å². The maximum atomic E-state index is 13.3. The summed E-state index contributed by atoms with van der Waals surface area (Å²) in [6.45, 7) is 5.44. The second-order valence-electron chi connectivity index (χ2n) is 5.00. The minimum absolute atomic E-state index is 0.0445. The lowest BCUT2D eigenvalue weighted by Gasteiger charge is -2.18. The molecule has 3 nitrogen and oxygen atoms in total. The molecule has 0 saturated carbocycles. The van der Waals surface area contributed by atoms with Crippen molar-refractivity contribution in [2.45, 2.75) is 26.3 Å². The van der Waals surface area contributed by atoms with Gasteiger partial charge in [-0.1, -0.05) is 19.1 Å². The first-order chi connectivity index (χ1) is 10.2. The van der Waals surface area contributed by atoms with Crippen molar-refractivity contribution in [3.8, 4) is 5.75 Å². The second kappa shape index (κ2) is 7.74. The summed E-state index contributed by atoms with van der Waals surface area (Å²) in [5, 5.41) is 3.34. The molecule has 0 saturated heterocycles. The number of nitrogens with one attached hydrogen (secondary N) is 1. The van der Waals surface area contributed by atoms with E-state index in [0.717, 1.165) is 24.3 Å². The number of halogens is 1. The zero-order valence-electron chi connectivity index (χ0n) is 12.5. The van der Waals surface area contributed by atoms with Crippen molar-refractivity contribution in [2.75, 3.05) is 13.2 Å². The van der Waals surface area contributed by atoms with Gasteiger partial charge in [0.2, 0.25) is 0 Å². The van der Waals surface area contributed by atoms with Crippen LogP contribution in [0.15, 0.2) is 42.7 Å². The second-order valence-corrected chi connectivity index (χ2v) is 5.00. The lowest BCUT2D eigenvalue weighted by molar-refractivity contribution is 0.287. The Morgan fingerprint density at radius 2 is 2.14 bits per heavy atom. The van der Waals surface area contributed by atoms with E-state index >= 15 is 0 Å². The minimum atomic E-state index is -0.310. The molecule has 21 heavy (non-hydrogen) atoms. The molecule has 0 radical (unpaired) electrons. The van der Waals surface area contributed by atoms with Gasteiger partial charge in [-0.25, -0.2) is 4.39 Å². The molecule has 0 bridgehead atoms. The maximum absolute atomic E-state index is 13.3. The van der Waals surface area contributed by atoms with Crippen molar-refractivity contribution in [3.05, 3.63) is 59.7 Å². The Bertz CT molecular complexity index is 574. The monoisotopic (exact) mass is 288 g/mol. The molecule has 0 fully saturated rings. The van der Waals surface area contributed by atoms with E-state index in [-0.39, 0.29) is 11.9 Å². The van der Waals surface area contributed by atoms with Crippen LogP contribution < -0.4 is 10.1 Å². The van der Waals surface area contributed by atoms with Gasteiger partial charge in [-0.05, 0) is 42.8 Å². The summed E-state index contributed by atoms with van der Waals surface area (Å²) in [6, 6.07) is 9.52. The molecule has 1 aromatic heterocycles. The predicted molar refractivity (Wildman–Crippen MR) is 81.9 cm³/mol. The fourth-order valence-electron chi connectivity index (χ4n) is 2.25. The van der Waals surface area contributed by atoms with E-state index in [0.29, 0.717) is 6.61 Å². The number of hydrogen-bond donors (Lipinski definition) is 1. The molecule has 1 heterocycles. The minimum Gasteiger partial charge on any atom is -0.494 e. The number of aromatic nitrogens is 1. The van der Waals surface area contributed by atoms with Crippen LogP contribution in [0, 0.1) is 12.7 Å². The largest absolute Gasteiger partial charge is 0.494 e. The van der Waals surface area contributed by atoms with Crippen LogP contribution in [0.3, 0.4) is 0 Å². The highest BCUT2D eigenvalue weighted by Crippen LogP contribution is 2.18. The van der Waals surface area contributed by atoms with Crippen LogP contribution >= 0.6 is 0 Å². The van der Waals surface area contributed by atoms with Gasteiger partial charge < -0.3 is 10.1 Å². The van der Waals surface area contributed by atoms with Gasteiger partial charge in [0.1, 0.15) is 11.6 Å². The number of nitrogens with zero attached hydrogens (tertiary/aromatic N) is 1. The molecule has 0 aliphatic carbocycles. The fourth-order valence-corrected chi connectivity index (χ4v) is 2.25. The fraction of sp³-hybridized carbons (Fsp3) is 0.353. The van der Waals surface area contributed by atoms with E-state index in [1.165, 1.54) is 17.8 Å². The van der Waals surface area contributed by atoms with Crippen LogP contribution in [0.4, 0.5) is 4.39 Å². The third-order valence-electron chi connectivity index (χ3n) is 3.24. The van der Waals surface area contributed by atoms with Crippen molar-refractivity contribution in [1.29, 1.82) is 0 Å². The van der Waals surface area contributed by atoms with Crippen LogP contribution in [0.2, 0.25) is 0 Å². The van der Waals surface area contributed by atoms with Crippen LogP contribution in [0.1, 0.15) is 30.5 Å². The zero-order chi connectivity index (χ0) is 15.1. The molecule has 112 valence electrons. The Kier molecular flexibility index (Phi) is 5.69. The first-order valence-electron chi connectivity index (χ1n) is 7.22. The van der Waals surface area contributed by atoms with Gasteiger partial charge >= 0.3 is 0 Å². The van der Waals surface area contributed by atoms with Gasteiger partial charge in [0, 0.05) is 18.7 Å². The van der Waals surface area contributed by atoms with Crippen LogP contribution in [-0.2, 0) is 0 Å². The van der Waals surface area contributed by atoms with Gasteiger partial charge in [-0.2, -0.15) is 0 Å². The number of aryl methyl sites for hydroxylation is 1. The molecule has 2 aromatic rings. The van der Waals surface area contributed by atoms with E-state index in [1.54, 1.807) is 6.20 Å². The Balaban J connectivity index is 1.94. The quantitative estimate of drug-likeness (QED) is 0.844. The van der Waals surface area contributed by atoms with Crippen molar-refractivity contribution < 1.29 is 9.13 Å². The molecule has 0 amide bonds. The topological polar surface area (TPSA) is 34.1 Å². The van der Waals surface area contributed by atoms with Gasteiger partial charge in [-0.15, -0.1) is 0 Å². The molecule has 0 spiro atoms. The van der Waals surface area contributed by atoms with Crippen molar-refractivity contribution in [1.82, 2.24) is 10.3 Å². The average Bonchev–Trinajstić information content (AvgIpc) is 2.46.